The Bertz CT molecular complexity index is 1300. The van der Waals surface area contributed by atoms with Gasteiger partial charge < -0.3 is 4.98 Å². The number of ketones is 2. The van der Waals surface area contributed by atoms with Gasteiger partial charge in [0.2, 0.25) is 0 Å². The topological polar surface area (TPSA) is 49.9 Å². The molecule has 3 nitrogen and oxygen atoms in total. The first kappa shape index (κ1) is 20.8. The molecule has 0 aliphatic heterocycles. The van der Waals surface area contributed by atoms with Crippen LogP contribution in [0.15, 0.2) is 66.9 Å². The molecule has 0 saturated heterocycles. The number of carbonyl (C=O) groups is 2. The Labute approximate surface area is 183 Å². The lowest BCUT2D eigenvalue weighted by Gasteiger charge is -2.16. The normalized spacial score (nSPS) is 12.1. The second kappa shape index (κ2) is 8.35. The zero-order chi connectivity index (χ0) is 22.1. The molecule has 4 rings (SSSR count). The molecule has 4 aromatic rings. The number of hydrogen-bond acceptors (Lipinski definition) is 2. The van der Waals surface area contributed by atoms with E-state index in [4.69, 9.17) is 0 Å². The maximum absolute atomic E-state index is 13.7. The van der Waals surface area contributed by atoms with Gasteiger partial charge in [0.15, 0.2) is 11.6 Å². The van der Waals surface area contributed by atoms with E-state index in [1.807, 2.05) is 94.6 Å². The second-order valence-electron chi connectivity index (χ2n) is 8.43. The number of aryl methyl sites for hydroxylation is 4. The van der Waals surface area contributed by atoms with Crippen molar-refractivity contribution in [1.82, 2.24) is 4.98 Å². The number of nitrogens with one attached hydrogen (secondary N) is 1. The van der Waals surface area contributed by atoms with Gasteiger partial charge in [-0.1, -0.05) is 42.5 Å². The molecule has 1 heterocycles. The van der Waals surface area contributed by atoms with Crippen LogP contribution in [0.4, 0.5) is 0 Å². The molecule has 0 bridgehead atoms. The molecule has 0 radical (unpaired) electrons. The van der Waals surface area contributed by atoms with Crippen LogP contribution in [-0.2, 0) is 0 Å². The van der Waals surface area contributed by atoms with Crippen molar-refractivity contribution in [3.05, 3.63) is 106 Å². The van der Waals surface area contributed by atoms with Crippen molar-refractivity contribution in [3.8, 4) is 0 Å². The fourth-order valence-electron chi connectivity index (χ4n) is 4.04. The number of rotatable bonds is 6. The molecule has 1 N–H and O–H groups in total. The number of carbonyl (C=O) groups excluding carboxylic acids is 2. The number of fused-ring (bicyclic) bond motifs is 1. The maximum atomic E-state index is 13.7. The third-order valence-electron chi connectivity index (χ3n) is 6.32. The average molecular weight is 410 g/mol. The Morgan fingerprint density at radius 2 is 1.39 bits per heavy atom. The van der Waals surface area contributed by atoms with Gasteiger partial charge in [0, 0.05) is 34.6 Å². The van der Waals surface area contributed by atoms with Crippen molar-refractivity contribution in [2.75, 3.05) is 0 Å². The lowest BCUT2D eigenvalue weighted by atomic mass is 9.84. The molecule has 0 fully saturated rings. The van der Waals surface area contributed by atoms with Crippen LogP contribution in [0, 0.1) is 27.7 Å². The summed E-state index contributed by atoms with van der Waals surface area (Å²) < 4.78 is 0. The van der Waals surface area contributed by atoms with Gasteiger partial charge in [0.25, 0.3) is 0 Å². The molecule has 31 heavy (non-hydrogen) atoms. The van der Waals surface area contributed by atoms with E-state index in [9.17, 15) is 9.59 Å². The van der Waals surface area contributed by atoms with Crippen molar-refractivity contribution in [3.63, 3.8) is 0 Å². The monoisotopic (exact) mass is 409 g/mol. The number of hydrogen-bond donors (Lipinski definition) is 1. The van der Waals surface area contributed by atoms with Crippen molar-refractivity contribution >= 4 is 22.5 Å². The summed E-state index contributed by atoms with van der Waals surface area (Å²) in [6.07, 6.45) is 2.01. The highest BCUT2D eigenvalue weighted by atomic mass is 16.1. The molecule has 0 aliphatic carbocycles. The molecule has 0 spiro atoms. The fourth-order valence-corrected chi connectivity index (χ4v) is 4.04. The van der Waals surface area contributed by atoms with E-state index in [-0.39, 0.29) is 18.0 Å². The zero-order valence-electron chi connectivity index (χ0n) is 18.5. The van der Waals surface area contributed by atoms with Gasteiger partial charge in [-0.2, -0.15) is 0 Å². The Kier molecular flexibility index (Phi) is 5.60. The van der Waals surface area contributed by atoms with Crippen molar-refractivity contribution < 1.29 is 9.59 Å². The number of para-hydroxylation sites is 1. The molecule has 0 aliphatic rings. The zero-order valence-corrected chi connectivity index (χ0v) is 18.5. The molecule has 1 atom stereocenters. The van der Waals surface area contributed by atoms with Gasteiger partial charge in [-0.25, -0.2) is 0 Å². The van der Waals surface area contributed by atoms with Crippen molar-refractivity contribution in [2.24, 2.45) is 0 Å². The largest absolute Gasteiger partial charge is 0.361 e. The van der Waals surface area contributed by atoms with E-state index in [0.717, 1.165) is 38.7 Å². The van der Waals surface area contributed by atoms with E-state index in [1.54, 1.807) is 0 Å². The first-order valence-corrected chi connectivity index (χ1v) is 10.6. The van der Waals surface area contributed by atoms with Crippen LogP contribution in [0.1, 0.15) is 60.9 Å². The van der Waals surface area contributed by atoms with Crippen LogP contribution in [0.25, 0.3) is 10.9 Å². The van der Waals surface area contributed by atoms with E-state index in [0.29, 0.717) is 11.1 Å². The third kappa shape index (κ3) is 4.09. The quantitative estimate of drug-likeness (QED) is 0.363. The molecule has 3 heteroatoms. The highest BCUT2D eigenvalue weighted by molar-refractivity contribution is 6.08. The predicted molar refractivity (Wildman–Crippen MR) is 126 cm³/mol. The minimum Gasteiger partial charge on any atom is -0.361 e. The predicted octanol–water partition coefficient (Wildman–Crippen LogP) is 6.64. The Balaban J connectivity index is 1.76. The summed E-state index contributed by atoms with van der Waals surface area (Å²) in [6.45, 7) is 8.07. The van der Waals surface area contributed by atoms with Crippen LogP contribution < -0.4 is 0 Å². The number of H-pyrrole nitrogens is 1. The van der Waals surface area contributed by atoms with Crippen LogP contribution in [0.5, 0.6) is 0 Å². The molecular formula is C28H27NO2. The lowest BCUT2D eigenvalue weighted by Crippen LogP contribution is -2.17. The Hall–Kier alpha value is -3.46. The van der Waals surface area contributed by atoms with Crippen LogP contribution in [-0.4, -0.2) is 16.6 Å². The molecule has 1 aromatic heterocycles. The van der Waals surface area contributed by atoms with Crippen molar-refractivity contribution in [2.45, 2.75) is 40.0 Å². The average Bonchev–Trinajstić information content (AvgIpc) is 3.19. The summed E-state index contributed by atoms with van der Waals surface area (Å²) in [5.41, 5.74) is 7.58. The summed E-state index contributed by atoms with van der Waals surface area (Å²) in [6, 6.07) is 19.4. The maximum Gasteiger partial charge on any atom is 0.170 e. The van der Waals surface area contributed by atoms with E-state index >= 15 is 0 Å². The van der Waals surface area contributed by atoms with E-state index in [2.05, 4.69) is 4.98 Å². The summed E-state index contributed by atoms with van der Waals surface area (Å²) >= 11 is 0. The SMILES string of the molecule is Cc1ccc(C(=O)C[C@H](C(=O)c2ccc(C)c(C)c2)c2c[nH]c3ccccc23)cc1C. The van der Waals surface area contributed by atoms with Crippen LogP contribution in [0.3, 0.4) is 0 Å². The summed E-state index contributed by atoms with van der Waals surface area (Å²) in [7, 11) is 0. The van der Waals surface area contributed by atoms with E-state index < -0.39 is 5.92 Å². The molecule has 0 saturated carbocycles. The van der Waals surface area contributed by atoms with Crippen LogP contribution >= 0.6 is 0 Å². The van der Waals surface area contributed by atoms with Gasteiger partial charge in [0.1, 0.15) is 0 Å². The summed E-state index contributed by atoms with van der Waals surface area (Å²) in [5, 5.41) is 0.984. The molecule has 3 aromatic carbocycles. The second-order valence-corrected chi connectivity index (χ2v) is 8.43. The first-order valence-electron chi connectivity index (χ1n) is 10.6. The molecular weight excluding hydrogens is 382 g/mol. The van der Waals surface area contributed by atoms with Gasteiger partial charge in [-0.3, -0.25) is 9.59 Å². The Morgan fingerprint density at radius 1 is 0.774 bits per heavy atom. The summed E-state index contributed by atoms with van der Waals surface area (Å²) in [4.78, 5) is 30.2. The minimum absolute atomic E-state index is 0.0180. The van der Waals surface area contributed by atoms with Gasteiger partial charge in [-0.15, -0.1) is 0 Å². The number of aromatic nitrogens is 1. The standard InChI is InChI=1S/C28H27NO2/c1-17-9-11-21(13-19(17)3)27(30)15-24(25-16-29-26-8-6-5-7-23(25)26)28(31)22-12-10-18(2)20(4)14-22/h5-14,16,24,29H,15H2,1-4H3/t24-/m0/s1. The lowest BCUT2D eigenvalue weighted by molar-refractivity contribution is 0.0894. The molecule has 0 amide bonds. The molecule has 0 unspecified atom stereocenters. The minimum atomic E-state index is -0.549. The third-order valence-corrected chi connectivity index (χ3v) is 6.32. The highest BCUT2D eigenvalue weighted by Crippen LogP contribution is 2.32. The van der Waals surface area contributed by atoms with Crippen molar-refractivity contribution in [1.29, 1.82) is 0 Å². The highest BCUT2D eigenvalue weighted by Gasteiger charge is 2.28. The molecule has 156 valence electrons. The van der Waals surface area contributed by atoms with Crippen LogP contribution in [0.2, 0.25) is 0 Å². The van der Waals surface area contributed by atoms with E-state index in [1.165, 1.54) is 0 Å². The van der Waals surface area contributed by atoms with Gasteiger partial charge in [0.05, 0.1) is 5.92 Å². The Morgan fingerprint density at radius 3 is 2.06 bits per heavy atom. The first-order chi connectivity index (χ1) is 14.8. The number of Topliss-reactive ketones (excluding diaryl/α,β-unsaturated/α-hetero) is 2. The number of aromatic amines is 1. The fraction of sp³-hybridized carbons (Fsp3) is 0.214. The number of benzene rings is 3. The van der Waals surface area contributed by atoms with Gasteiger partial charge in [-0.05, 0) is 73.7 Å². The van der Waals surface area contributed by atoms with Gasteiger partial charge >= 0.3 is 0 Å². The smallest absolute Gasteiger partial charge is 0.170 e. The summed E-state index contributed by atoms with van der Waals surface area (Å²) in [5.74, 6) is -0.590.